The lowest BCUT2D eigenvalue weighted by Crippen LogP contribution is -2.35. The van der Waals surface area contributed by atoms with E-state index in [4.69, 9.17) is 14.9 Å². The smallest absolute Gasteiger partial charge is 0.131 e. The van der Waals surface area contributed by atoms with Crippen molar-refractivity contribution >= 4 is 15.9 Å². The molecule has 0 saturated carbocycles. The first-order valence-electron chi connectivity index (χ1n) is 5.07. The van der Waals surface area contributed by atoms with Crippen LogP contribution in [-0.2, 0) is 17.8 Å². The summed E-state index contributed by atoms with van der Waals surface area (Å²) in [6.45, 7) is 4.83. The lowest BCUT2D eigenvalue weighted by molar-refractivity contribution is 0.0312. The molecule has 0 unspecified atom stereocenters. The van der Waals surface area contributed by atoms with Gasteiger partial charge in [-0.25, -0.2) is 0 Å². The summed E-state index contributed by atoms with van der Waals surface area (Å²) >= 11 is 3.43. The quantitative estimate of drug-likeness (QED) is 0.904. The van der Waals surface area contributed by atoms with E-state index in [0.29, 0.717) is 6.54 Å². The monoisotopic (exact) mass is 274 g/mol. The highest BCUT2D eigenvalue weighted by atomic mass is 79.9. The van der Waals surface area contributed by atoms with Gasteiger partial charge in [0.05, 0.1) is 30.8 Å². The molecular formula is C10H15BrN2O2. The zero-order valence-electron chi connectivity index (χ0n) is 8.54. The Labute approximate surface area is 97.5 Å². The Morgan fingerprint density at radius 1 is 1.40 bits per heavy atom. The van der Waals surface area contributed by atoms with Gasteiger partial charge in [-0.3, -0.25) is 4.90 Å². The third kappa shape index (κ3) is 2.81. The van der Waals surface area contributed by atoms with Gasteiger partial charge in [-0.05, 0) is 22.0 Å². The van der Waals surface area contributed by atoms with Crippen molar-refractivity contribution in [1.29, 1.82) is 0 Å². The highest BCUT2D eigenvalue weighted by molar-refractivity contribution is 9.10. The molecule has 1 saturated heterocycles. The van der Waals surface area contributed by atoms with Gasteiger partial charge in [0.15, 0.2) is 0 Å². The molecule has 0 amide bonds. The van der Waals surface area contributed by atoms with Gasteiger partial charge in [0.1, 0.15) is 11.5 Å². The Morgan fingerprint density at radius 3 is 2.73 bits per heavy atom. The van der Waals surface area contributed by atoms with E-state index in [-0.39, 0.29) is 0 Å². The van der Waals surface area contributed by atoms with Crippen molar-refractivity contribution < 1.29 is 9.15 Å². The molecule has 15 heavy (non-hydrogen) atoms. The highest BCUT2D eigenvalue weighted by Gasteiger charge is 2.14. The molecule has 2 N–H and O–H groups in total. The Kier molecular flexibility index (Phi) is 3.80. The largest absolute Gasteiger partial charge is 0.462 e. The second kappa shape index (κ2) is 5.12. The molecule has 1 fully saturated rings. The number of nitrogens with two attached hydrogens (primary N) is 1. The van der Waals surface area contributed by atoms with E-state index in [2.05, 4.69) is 20.8 Å². The minimum absolute atomic E-state index is 0.434. The molecule has 1 aromatic heterocycles. The summed E-state index contributed by atoms with van der Waals surface area (Å²) in [6.07, 6.45) is 0. The van der Waals surface area contributed by atoms with Gasteiger partial charge < -0.3 is 14.9 Å². The molecular weight excluding hydrogens is 260 g/mol. The zero-order chi connectivity index (χ0) is 10.7. The van der Waals surface area contributed by atoms with E-state index in [9.17, 15) is 0 Å². The van der Waals surface area contributed by atoms with Crippen LogP contribution in [0, 0.1) is 0 Å². The summed E-state index contributed by atoms with van der Waals surface area (Å²) in [6, 6.07) is 2.00. The number of nitrogens with zero attached hydrogens (tertiary/aromatic N) is 1. The van der Waals surface area contributed by atoms with E-state index < -0.39 is 0 Å². The van der Waals surface area contributed by atoms with Crippen LogP contribution in [0.25, 0.3) is 0 Å². The number of furan rings is 1. The first-order chi connectivity index (χ1) is 7.29. The van der Waals surface area contributed by atoms with Crippen LogP contribution >= 0.6 is 15.9 Å². The maximum absolute atomic E-state index is 5.61. The summed E-state index contributed by atoms with van der Waals surface area (Å²) in [4.78, 5) is 2.31. The van der Waals surface area contributed by atoms with Crippen LogP contribution in [0.4, 0.5) is 0 Å². The number of hydrogen-bond donors (Lipinski definition) is 1. The molecule has 1 aliphatic heterocycles. The number of morpholine rings is 1. The number of rotatable bonds is 3. The molecule has 0 aromatic carbocycles. The van der Waals surface area contributed by atoms with Crippen molar-refractivity contribution in [3.63, 3.8) is 0 Å². The van der Waals surface area contributed by atoms with Crippen molar-refractivity contribution in [3.05, 3.63) is 22.1 Å². The predicted molar refractivity (Wildman–Crippen MR) is 60.4 cm³/mol. The van der Waals surface area contributed by atoms with E-state index in [1.807, 2.05) is 6.07 Å². The van der Waals surface area contributed by atoms with Crippen molar-refractivity contribution in [2.24, 2.45) is 5.73 Å². The first-order valence-corrected chi connectivity index (χ1v) is 5.86. The first kappa shape index (κ1) is 11.1. The predicted octanol–water partition coefficient (Wildman–Crippen LogP) is 1.33. The zero-order valence-corrected chi connectivity index (χ0v) is 10.1. The highest BCUT2D eigenvalue weighted by Crippen LogP contribution is 2.22. The molecule has 0 bridgehead atoms. The van der Waals surface area contributed by atoms with Crippen molar-refractivity contribution in [2.75, 3.05) is 26.3 Å². The molecule has 5 heteroatoms. The number of ether oxygens (including phenoxy) is 1. The fourth-order valence-electron chi connectivity index (χ4n) is 1.66. The SMILES string of the molecule is NCc1oc(CN2CCOCC2)cc1Br. The third-order valence-corrected chi connectivity index (χ3v) is 3.15. The van der Waals surface area contributed by atoms with Gasteiger partial charge in [0.2, 0.25) is 0 Å². The summed E-state index contributed by atoms with van der Waals surface area (Å²) in [7, 11) is 0. The standard InChI is InChI=1S/C10H15BrN2O2/c11-9-5-8(15-10(9)6-12)7-13-1-3-14-4-2-13/h5H,1-4,6-7,12H2. The van der Waals surface area contributed by atoms with Crippen LogP contribution in [0.2, 0.25) is 0 Å². The Balaban J connectivity index is 1.97. The van der Waals surface area contributed by atoms with Gasteiger partial charge in [-0.2, -0.15) is 0 Å². The fraction of sp³-hybridized carbons (Fsp3) is 0.600. The lowest BCUT2D eigenvalue weighted by Gasteiger charge is -2.25. The third-order valence-electron chi connectivity index (χ3n) is 2.48. The van der Waals surface area contributed by atoms with E-state index >= 15 is 0 Å². The molecule has 0 spiro atoms. The lowest BCUT2D eigenvalue weighted by atomic mass is 10.3. The second-order valence-electron chi connectivity index (χ2n) is 3.58. The normalized spacial score (nSPS) is 18.3. The van der Waals surface area contributed by atoms with Crippen LogP contribution < -0.4 is 5.73 Å². The van der Waals surface area contributed by atoms with Crippen molar-refractivity contribution in [1.82, 2.24) is 4.90 Å². The van der Waals surface area contributed by atoms with Gasteiger partial charge >= 0.3 is 0 Å². The minimum atomic E-state index is 0.434. The minimum Gasteiger partial charge on any atom is -0.462 e. The van der Waals surface area contributed by atoms with Crippen LogP contribution in [-0.4, -0.2) is 31.2 Å². The number of halogens is 1. The average Bonchev–Trinajstić information content (AvgIpc) is 2.60. The molecule has 4 nitrogen and oxygen atoms in total. The van der Waals surface area contributed by atoms with Crippen LogP contribution in [0.1, 0.15) is 11.5 Å². The summed E-state index contributed by atoms with van der Waals surface area (Å²) in [5, 5.41) is 0. The average molecular weight is 275 g/mol. The molecule has 0 radical (unpaired) electrons. The molecule has 84 valence electrons. The molecule has 0 aliphatic carbocycles. The van der Waals surface area contributed by atoms with Gasteiger partial charge in [-0.1, -0.05) is 0 Å². The Bertz CT molecular complexity index is 321. The summed E-state index contributed by atoms with van der Waals surface area (Å²) in [5.41, 5.74) is 5.54. The Hall–Kier alpha value is -0.360. The maximum Gasteiger partial charge on any atom is 0.131 e. The van der Waals surface area contributed by atoms with Crippen molar-refractivity contribution in [2.45, 2.75) is 13.1 Å². The second-order valence-corrected chi connectivity index (χ2v) is 4.43. The van der Waals surface area contributed by atoms with Crippen molar-refractivity contribution in [3.8, 4) is 0 Å². The fourth-order valence-corrected chi connectivity index (χ4v) is 2.15. The molecule has 1 aromatic rings. The Morgan fingerprint density at radius 2 is 2.13 bits per heavy atom. The van der Waals surface area contributed by atoms with Gasteiger partial charge in [-0.15, -0.1) is 0 Å². The van der Waals surface area contributed by atoms with E-state index in [0.717, 1.165) is 48.8 Å². The van der Waals surface area contributed by atoms with Gasteiger partial charge in [0.25, 0.3) is 0 Å². The topological polar surface area (TPSA) is 51.6 Å². The maximum atomic E-state index is 5.61. The van der Waals surface area contributed by atoms with Crippen LogP contribution in [0.5, 0.6) is 0 Å². The molecule has 0 atom stereocenters. The van der Waals surface area contributed by atoms with Crippen LogP contribution in [0.3, 0.4) is 0 Å². The summed E-state index contributed by atoms with van der Waals surface area (Å²) < 4.78 is 11.9. The molecule has 2 heterocycles. The van der Waals surface area contributed by atoms with E-state index in [1.54, 1.807) is 0 Å². The van der Waals surface area contributed by atoms with Crippen LogP contribution in [0.15, 0.2) is 15.0 Å². The molecule has 2 rings (SSSR count). The number of hydrogen-bond acceptors (Lipinski definition) is 4. The molecule has 1 aliphatic rings. The van der Waals surface area contributed by atoms with Gasteiger partial charge in [0, 0.05) is 13.1 Å². The van der Waals surface area contributed by atoms with E-state index in [1.165, 1.54) is 0 Å². The summed E-state index contributed by atoms with van der Waals surface area (Å²) in [5.74, 6) is 1.78.